The molecule has 0 aliphatic rings. The van der Waals surface area contributed by atoms with Crippen LogP contribution >= 0.6 is 0 Å². The average Bonchev–Trinajstić information content (AvgIpc) is 3.01. The number of benzene rings is 5. The predicted molar refractivity (Wildman–Crippen MR) is 157 cm³/mol. The molecule has 0 saturated heterocycles. The lowest BCUT2D eigenvalue weighted by molar-refractivity contribution is 0.0697. The highest BCUT2D eigenvalue weighted by Gasteiger charge is 2.11. The zero-order chi connectivity index (χ0) is 27.6. The quantitative estimate of drug-likeness (QED) is 0.166. The molecule has 0 fully saturated rings. The molecule has 0 aliphatic carbocycles. The van der Waals surface area contributed by atoms with Crippen LogP contribution < -0.4 is 9.47 Å². The lowest BCUT2D eigenvalue weighted by atomic mass is 9.96. The molecule has 5 rings (SSSR count). The van der Waals surface area contributed by atoms with E-state index in [2.05, 4.69) is 0 Å². The van der Waals surface area contributed by atoms with Crippen molar-refractivity contribution in [1.82, 2.24) is 0 Å². The van der Waals surface area contributed by atoms with Gasteiger partial charge in [-0.05, 0) is 75.8 Å². The summed E-state index contributed by atoms with van der Waals surface area (Å²) in [5.74, 6) is 0.511. The van der Waals surface area contributed by atoms with E-state index >= 15 is 0 Å². The summed E-state index contributed by atoms with van der Waals surface area (Å²) in [6, 6.07) is 40.7. The zero-order valence-electron chi connectivity index (χ0n) is 22.0. The third-order valence-electron chi connectivity index (χ3n) is 6.41. The van der Waals surface area contributed by atoms with Crippen LogP contribution in [0.1, 0.15) is 21.5 Å². The van der Waals surface area contributed by atoms with Crippen LogP contribution in [0.25, 0.3) is 22.3 Å². The minimum absolute atomic E-state index is 0.229. The van der Waals surface area contributed by atoms with E-state index in [0.29, 0.717) is 26.4 Å². The molecular formula is C35H30O5. The van der Waals surface area contributed by atoms with Gasteiger partial charge in [0.05, 0.1) is 18.8 Å². The number of carboxylic acids is 1. The molecule has 0 aliphatic heterocycles. The van der Waals surface area contributed by atoms with Crippen LogP contribution in [0, 0.1) is 0 Å². The number of carbonyl (C=O) groups is 1. The maximum Gasteiger partial charge on any atom is 0.335 e. The molecule has 0 atom stereocenters. The molecule has 1 N–H and O–H groups in total. The Morgan fingerprint density at radius 3 is 1.55 bits per heavy atom. The monoisotopic (exact) mass is 530 g/mol. The Morgan fingerprint density at radius 2 is 1.02 bits per heavy atom. The van der Waals surface area contributed by atoms with Crippen molar-refractivity contribution in [3.05, 3.63) is 144 Å². The van der Waals surface area contributed by atoms with Crippen molar-refractivity contribution in [1.29, 1.82) is 0 Å². The van der Waals surface area contributed by atoms with Gasteiger partial charge in [0.15, 0.2) is 0 Å². The minimum Gasteiger partial charge on any atom is -0.491 e. The third-order valence-corrected chi connectivity index (χ3v) is 6.41. The van der Waals surface area contributed by atoms with Crippen molar-refractivity contribution in [2.24, 2.45) is 0 Å². The predicted octanol–water partition coefficient (Wildman–Crippen LogP) is 7.89. The molecule has 0 saturated carbocycles. The number of aromatic carboxylic acids is 1. The summed E-state index contributed by atoms with van der Waals surface area (Å²) in [5, 5.41) is 9.76. The van der Waals surface area contributed by atoms with E-state index in [1.807, 2.05) is 115 Å². The van der Waals surface area contributed by atoms with Gasteiger partial charge in [0.2, 0.25) is 0 Å². The van der Waals surface area contributed by atoms with Crippen molar-refractivity contribution in [2.75, 3.05) is 13.2 Å². The highest BCUT2D eigenvalue weighted by Crippen LogP contribution is 2.30. The van der Waals surface area contributed by atoms with Gasteiger partial charge < -0.3 is 19.3 Å². The fraction of sp³-hybridized carbons (Fsp3) is 0.114. The van der Waals surface area contributed by atoms with Crippen molar-refractivity contribution in [2.45, 2.75) is 13.2 Å². The van der Waals surface area contributed by atoms with Gasteiger partial charge in [-0.15, -0.1) is 0 Å². The van der Waals surface area contributed by atoms with Crippen molar-refractivity contribution >= 4 is 5.97 Å². The second kappa shape index (κ2) is 13.3. The standard InChI is InChI=1S/C35H30O5/c36-35(37)32-22-30(28-11-15-33(16-12-28)39-20-19-38-24-26-7-3-1-4-8-26)21-31(23-32)29-13-17-34(18-14-29)40-25-27-9-5-2-6-10-27/h1-18,21-23H,19-20,24-25H2,(H,36,37). The second-order valence-electron chi connectivity index (χ2n) is 9.31. The Morgan fingerprint density at radius 1 is 0.525 bits per heavy atom. The van der Waals surface area contributed by atoms with E-state index in [0.717, 1.165) is 44.9 Å². The Labute approximate surface area is 234 Å². The van der Waals surface area contributed by atoms with Gasteiger partial charge in [-0.2, -0.15) is 0 Å². The maximum absolute atomic E-state index is 11.9. The van der Waals surface area contributed by atoms with Gasteiger partial charge in [0, 0.05) is 0 Å². The first-order valence-corrected chi connectivity index (χ1v) is 13.1. The van der Waals surface area contributed by atoms with Crippen LogP contribution in [-0.4, -0.2) is 24.3 Å². The molecule has 0 bridgehead atoms. The van der Waals surface area contributed by atoms with Gasteiger partial charge in [-0.3, -0.25) is 0 Å². The summed E-state index contributed by atoms with van der Waals surface area (Å²) in [7, 11) is 0. The molecule has 5 nitrogen and oxygen atoms in total. The van der Waals surface area contributed by atoms with Gasteiger partial charge in [-0.1, -0.05) is 84.9 Å². The van der Waals surface area contributed by atoms with E-state index in [1.165, 1.54) is 0 Å². The molecule has 5 aromatic rings. The average molecular weight is 531 g/mol. The molecule has 0 amide bonds. The van der Waals surface area contributed by atoms with Crippen LogP contribution in [0.4, 0.5) is 0 Å². The molecule has 0 heterocycles. The fourth-order valence-corrected chi connectivity index (χ4v) is 4.30. The lowest BCUT2D eigenvalue weighted by Crippen LogP contribution is -2.06. The molecule has 0 aromatic heterocycles. The van der Waals surface area contributed by atoms with Gasteiger partial charge in [0.1, 0.15) is 24.7 Å². The van der Waals surface area contributed by atoms with Crippen molar-refractivity contribution < 1.29 is 24.1 Å². The van der Waals surface area contributed by atoms with Crippen LogP contribution in [0.3, 0.4) is 0 Å². The first-order chi connectivity index (χ1) is 19.6. The zero-order valence-corrected chi connectivity index (χ0v) is 22.0. The molecule has 0 radical (unpaired) electrons. The van der Waals surface area contributed by atoms with Crippen molar-refractivity contribution in [3.63, 3.8) is 0 Å². The molecule has 5 aromatic carbocycles. The van der Waals surface area contributed by atoms with Crippen LogP contribution in [-0.2, 0) is 18.0 Å². The number of ether oxygens (including phenoxy) is 3. The highest BCUT2D eigenvalue weighted by molar-refractivity contribution is 5.92. The Hall–Kier alpha value is -4.87. The highest BCUT2D eigenvalue weighted by atomic mass is 16.5. The van der Waals surface area contributed by atoms with Gasteiger partial charge >= 0.3 is 5.97 Å². The number of rotatable bonds is 12. The van der Waals surface area contributed by atoms with Crippen LogP contribution in [0.15, 0.2) is 127 Å². The van der Waals surface area contributed by atoms with E-state index in [9.17, 15) is 9.90 Å². The first-order valence-electron chi connectivity index (χ1n) is 13.1. The summed E-state index contributed by atoms with van der Waals surface area (Å²) in [5.41, 5.74) is 5.90. The van der Waals surface area contributed by atoms with Crippen molar-refractivity contribution in [3.8, 4) is 33.8 Å². The number of hydrogen-bond donors (Lipinski definition) is 1. The normalized spacial score (nSPS) is 10.7. The largest absolute Gasteiger partial charge is 0.491 e. The molecule has 200 valence electrons. The molecule has 5 heteroatoms. The van der Waals surface area contributed by atoms with Crippen LogP contribution in [0.5, 0.6) is 11.5 Å². The maximum atomic E-state index is 11.9. The molecular weight excluding hydrogens is 500 g/mol. The fourth-order valence-electron chi connectivity index (χ4n) is 4.30. The Bertz CT molecular complexity index is 1510. The smallest absolute Gasteiger partial charge is 0.335 e. The van der Waals surface area contributed by atoms with E-state index < -0.39 is 5.97 Å². The van der Waals surface area contributed by atoms with Gasteiger partial charge in [-0.25, -0.2) is 4.79 Å². The topological polar surface area (TPSA) is 65.0 Å². The first kappa shape index (κ1) is 26.7. The van der Waals surface area contributed by atoms with E-state index in [4.69, 9.17) is 14.2 Å². The number of carboxylic acid groups (broad SMARTS) is 1. The van der Waals surface area contributed by atoms with Crippen LogP contribution in [0.2, 0.25) is 0 Å². The summed E-state index contributed by atoms with van der Waals surface area (Å²) in [4.78, 5) is 11.9. The second-order valence-corrected chi connectivity index (χ2v) is 9.31. The summed E-state index contributed by atoms with van der Waals surface area (Å²) in [6.07, 6.45) is 0. The number of hydrogen-bond acceptors (Lipinski definition) is 4. The summed E-state index contributed by atoms with van der Waals surface area (Å²) >= 11 is 0. The Kier molecular flexibility index (Phi) is 8.87. The van der Waals surface area contributed by atoms with E-state index in [1.54, 1.807) is 12.1 Å². The summed E-state index contributed by atoms with van der Waals surface area (Å²) < 4.78 is 17.4. The molecule has 0 spiro atoms. The minimum atomic E-state index is -0.971. The SMILES string of the molecule is O=C(O)c1cc(-c2ccc(OCCOCc3ccccc3)cc2)cc(-c2ccc(OCc3ccccc3)cc2)c1. The molecule has 40 heavy (non-hydrogen) atoms. The third kappa shape index (κ3) is 7.37. The molecule has 0 unspecified atom stereocenters. The van der Waals surface area contributed by atoms with E-state index in [-0.39, 0.29) is 5.56 Å². The van der Waals surface area contributed by atoms with Gasteiger partial charge in [0.25, 0.3) is 0 Å². The lowest BCUT2D eigenvalue weighted by Gasteiger charge is -2.11. The Balaban J connectivity index is 1.23. The summed E-state index contributed by atoms with van der Waals surface area (Å²) in [6.45, 7) is 1.96.